The van der Waals surface area contributed by atoms with Gasteiger partial charge < -0.3 is 15.2 Å². The molecule has 2 N–H and O–H groups in total. The number of carboxylic acids is 1. The Morgan fingerprint density at radius 2 is 1.69 bits per heavy atom. The minimum atomic E-state index is -1.02. The van der Waals surface area contributed by atoms with Crippen molar-refractivity contribution in [2.45, 2.75) is 32.4 Å². The molecule has 0 aromatic heterocycles. The second kappa shape index (κ2) is 14.8. The number of rotatable bonds is 12. The molecule has 0 aliphatic heterocycles. The summed E-state index contributed by atoms with van der Waals surface area (Å²) in [5.74, 6) is -0.757. The second-order valence-electron chi connectivity index (χ2n) is 8.13. The Morgan fingerprint density at radius 3 is 2.37 bits per heavy atom. The zero-order chi connectivity index (χ0) is 24.3. The van der Waals surface area contributed by atoms with E-state index < -0.39 is 12.0 Å². The van der Waals surface area contributed by atoms with Crippen molar-refractivity contribution in [3.63, 3.8) is 0 Å². The summed E-state index contributed by atoms with van der Waals surface area (Å²) in [7, 11) is 0. The van der Waals surface area contributed by atoms with Gasteiger partial charge in [-0.05, 0) is 71.7 Å². The van der Waals surface area contributed by atoms with Gasteiger partial charge in [-0.1, -0.05) is 60.7 Å². The summed E-state index contributed by atoms with van der Waals surface area (Å²) in [5, 5.41) is 12.2. The first kappa shape index (κ1) is 28.7. The van der Waals surface area contributed by atoms with Crippen LogP contribution in [0, 0.1) is 6.92 Å². The number of nitrogens with one attached hydrogen (secondary N) is 1. The normalized spacial score (nSPS) is 11.4. The van der Waals surface area contributed by atoms with Crippen LogP contribution in [-0.2, 0) is 22.6 Å². The van der Waals surface area contributed by atoms with E-state index in [0.29, 0.717) is 31.0 Å². The summed E-state index contributed by atoms with van der Waals surface area (Å²) in [6.07, 6.45) is 3.12. The molecule has 5 nitrogen and oxygen atoms in total. The van der Waals surface area contributed by atoms with Gasteiger partial charge in [0.15, 0.2) is 0 Å². The first-order valence-corrected chi connectivity index (χ1v) is 12.7. The van der Waals surface area contributed by atoms with E-state index in [2.05, 4.69) is 17.4 Å². The van der Waals surface area contributed by atoms with Crippen molar-refractivity contribution < 1.29 is 19.4 Å². The first-order chi connectivity index (χ1) is 16.5. The third-order valence-electron chi connectivity index (χ3n) is 5.62. The van der Waals surface area contributed by atoms with Gasteiger partial charge in [0.05, 0.1) is 13.2 Å². The Kier molecular flexibility index (Phi) is 12.2. The molecular formula is C28H32LiNO4S. The van der Waals surface area contributed by atoms with Gasteiger partial charge in [-0.25, -0.2) is 4.79 Å². The molecule has 3 rings (SSSR count). The number of hydrogen-bond acceptors (Lipinski definition) is 4. The maximum absolute atomic E-state index is 13.1. The topological polar surface area (TPSA) is 75.6 Å². The van der Waals surface area contributed by atoms with Crippen molar-refractivity contribution in [3.05, 3.63) is 95.1 Å². The fourth-order valence-corrected chi connectivity index (χ4v) is 4.20. The van der Waals surface area contributed by atoms with Crippen LogP contribution in [0.5, 0.6) is 0 Å². The van der Waals surface area contributed by atoms with Crippen molar-refractivity contribution >= 4 is 42.5 Å². The number of amides is 1. The Hall–Kier alpha value is -2.49. The monoisotopic (exact) mass is 485 g/mol. The molecule has 1 atom stereocenters. The summed E-state index contributed by atoms with van der Waals surface area (Å²) in [6.45, 7) is 3.03. The number of thioether (sulfide) groups is 1. The Balaban J connectivity index is 0.00000432. The van der Waals surface area contributed by atoms with E-state index in [9.17, 15) is 14.7 Å². The van der Waals surface area contributed by atoms with Crippen LogP contribution in [0.1, 0.15) is 33.5 Å². The molecule has 0 saturated heterocycles. The maximum atomic E-state index is 13.1. The van der Waals surface area contributed by atoms with Crippen molar-refractivity contribution in [2.75, 3.05) is 18.6 Å². The van der Waals surface area contributed by atoms with Crippen LogP contribution in [0.4, 0.5) is 0 Å². The van der Waals surface area contributed by atoms with Crippen LogP contribution in [0.3, 0.4) is 0 Å². The fourth-order valence-electron chi connectivity index (χ4n) is 3.73. The van der Waals surface area contributed by atoms with E-state index in [0.717, 1.165) is 28.7 Å². The predicted octanol–water partition coefficient (Wildman–Crippen LogP) is 4.71. The summed E-state index contributed by atoms with van der Waals surface area (Å²) >= 11 is 1.55. The van der Waals surface area contributed by atoms with Crippen LogP contribution < -0.4 is 5.32 Å². The average molecular weight is 486 g/mol. The van der Waals surface area contributed by atoms with Crippen LogP contribution in [-0.4, -0.2) is 60.5 Å². The summed E-state index contributed by atoms with van der Waals surface area (Å²) < 4.78 is 5.90. The summed E-state index contributed by atoms with van der Waals surface area (Å²) in [6, 6.07) is 22.7. The van der Waals surface area contributed by atoms with Gasteiger partial charge in [0.1, 0.15) is 6.04 Å². The molecule has 0 saturated carbocycles. The molecule has 0 radical (unpaired) electrons. The van der Waals surface area contributed by atoms with Gasteiger partial charge in [0, 0.05) is 5.56 Å². The second-order valence-corrected chi connectivity index (χ2v) is 9.11. The molecule has 7 heteroatoms. The summed E-state index contributed by atoms with van der Waals surface area (Å²) in [4.78, 5) is 24.8. The number of hydrogen-bond donors (Lipinski definition) is 2. The third kappa shape index (κ3) is 8.59. The van der Waals surface area contributed by atoms with Gasteiger partial charge in [-0.15, -0.1) is 0 Å². The van der Waals surface area contributed by atoms with Crippen molar-refractivity contribution in [1.29, 1.82) is 0 Å². The molecule has 0 fully saturated rings. The fraction of sp³-hybridized carbons (Fsp3) is 0.286. The van der Waals surface area contributed by atoms with Crippen LogP contribution >= 0.6 is 11.8 Å². The van der Waals surface area contributed by atoms with Gasteiger partial charge in [0.25, 0.3) is 5.91 Å². The molecule has 1 unspecified atom stereocenters. The number of aryl methyl sites for hydroxylation is 1. The van der Waals surface area contributed by atoms with Crippen LogP contribution in [0.25, 0.3) is 11.1 Å². The van der Waals surface area contributed by atoms with E-state index in [1.807, 2.05) is 67.8 Å². The number of aliphatic carboxylic acids is 1. The number of carbonyl (C=O) groups excluding carboxylic acids is 1. The Bertz CT molecular complexity index is 1110. The number of benzene rings is 3. The van der Waals surface area contributed by atoms with Gasteiger partial charge >= 0.3 is 24.8 Å². The van der Waals surface area contributed by atoms with Gasteiger partial charge in [-0.3, -0.25) is 4.79 Å². The minimum absolute atomic E-state index is 0. The molecule has 35 heavy (non-hydrogen) atoms. The average Bonchev–Trinajstić information content (AvgIpc) is 2.85. The molecule has 3 aromatic carbocycles. The van der Waals surface area contributed by atoms with E-state index in [1.165, 1.54) is 5.56 Å². The quantitative estimate of drug-likeness (QED) is 0.287. The Labute approximate surface area is 223 Å². The summed E-state index contributed by atoms with van der Waals surface area (Å²) in [5.41, 5.74) is 5.39. The van der Waals surface area contributed by atoms with Gasteiger partial charge in [-0.2, -0.15) is 11.8 Å². The standard InChI is InChI=1S/C28H31NO4S.Li.H/c1-20-8-6-7-11-23(20)25-18-22(19-33-16-14-21-9-4-3-5-10-21)12-13-24(25)27(30)29-26(28(31)32)15-17-34-2;;/h3-13,18,26H,14-17,19H2,1-2H3,(H,29,30)(H,31,32);;. The molecule has 0 spiro atoms. The number of ether oxygens (including phenoxy) is 1. The molecule has 3 aromatic rings. The van der Waals surface area contributed by atoms with E-state index >= 15 is 0 Å². The van der Waals surface area contributed by atoms with Crippen LogP contribution in [0.2, 0.25) is 0 Å². The zero-order valence-electron chi connectivity index (χ0n) is 19.6. The van der Waals surface area contributed by atoms with E-state index in [4.69, 9.17) is 4.74 Å². The molecule has 0 heterocycles. The van der Waals surface area contributed by atoms with Crippen molar-refractivity contribution in [3.8, 4) is 11.1 Å². The molecule has 0 bridgehead atoms. The molecule has 180 valence electrons. The number of carboxylic acid groups (broad SMARTS) is 1. The van der Waals surface area contributed by atoms with Gasteiger partial charge in [0.2, 0.25) is 0 Å². The molecule has 0 aliphatic carbocycles. The Morgan fingerprint density at radius 1 is 0.971 bits per heavy atom. The third-order valence-corrected chi connectivity index (χ3v) is 6.27. The molecule has 0 aliphatic rings. The SMILES string of the molecule is CSCCC(NC(=O)c1ccc(COCCc2ccccc2)cc1-c1ccccc1C)C(=O)O.[LiH]. The van der Waals surface area contributed by atoms with Crippen molar-refractivity contribution in [2.24, 2.45) is 0 Å². The predicted molar refractivity (Wildman–Crippen MR) is 145 cm³/mol. The van der Waals surface area contributed by atoms with Crippen LogP contribution in [0.15, 0.2) is 72.8 Å². The number of carbonyl (C=O) groups is 2. The van der Waals surface area contributed by atoms with E-state index in [-0.39, 0.29) is 24.8 Å². The molecular weight excluding hydrogens is 453 g/mol. The first-order valence-electron chi connectivity index (χ1n) is 11.3. The van der Waals surface area contributed by atoms with E-state index in [1.54, 1.807) is 17.8 Å². The molecule has 1 amide bonds. The zero-order valence-corrected chi connectivity index (χ0v) is 20.4. The van der Waals surface area contributed by atoms with Crippen molar-refractivity contribution in [1.82, 2.24) is 5.32 Å².